The summed E-state index contributed by atoms with van der Waals surface area (Å²) in [5.41, 5.74) is 3.71. The maximum atomic E-state index is 8.77. The first-order valence-electron chi connectivity index (χ1n) is 7.03. The molecule has 2 aromatic rings. The van der Waals surface area contributed by atoms with Crippen LogP contribution in [0.4, 0.5) is 0 Å². The van der Waals surface area contributed by atoms with Gasteiger partial charge in [-0.15, -0.1) is 0 Å². The van der Waals surface area contributed by atoms with Crippen molar-refractivity contribution in [2.45, 2.75) is 26.4 Å². The van der Waals surface area contributed by atoms with Crippen LogP contribution in [0.1, 0.15) is 23.6 Å². The van der Waals surface area contributed by atoms with E-state index in [4.69, 9.17) is 5.26 Å². The van der Waals surface area contributed by atoms with Crippen LogP contribution in [0.2, 0.25) is 0 Å². The van der Waals surface area contributed by atoms with Crippen LogP contribution in [0.3, 0.4) is 0 Å². The van der Waals surface area contributed by atoms with Crippen LogP contribution in [0.25, 0.3) is 0 Å². The molecule has 102 valence electrons. The summed E-state index contributed by atoms with van der Waals surface area (Å²) in [5.74, 6) is 0. The fourth-order valence-electron chi connectivity index (χ4n) is 2.31. The maximum absolute atomic E-state index is 8.77. The molecule has 2 heteroatoms. The topological polar surface area (TPSA) is 27.0 Å². The van der Waals surface area contributed by atoms with Crippen molar-refractivity contribution in [3.8, 4) is 6.07 Å². The lowest BCUT2D eigenvalue weighted by Crippen LogP contribution is -2.22. The lowest BCUT2D eigenvalue weighted by Gasteiger charge is -2.20. The van der Waals surface area contributed by atoms with Crippen LogP contribution in [-0.4, -0.2) is 11.4 Å². The van der Waals surface area contributed by atoms with Crippen LogP contribution in [0.5, 0.6) is 0 Å². The standard InChI is InChI=1S/C18H20N2/c1-2-20(14-17-7-4-3-5-8-17)15-18-10-6-9-16(13-18)11-12-19/h3-10,13H,2,11,14-15H2,1H3. The van der Waals surface area contributed by atoms with Gasteiger partial charge in [0.05, 0.1) is 12.5 Å². The van der Waals surface area contributed by atoms with Gasteiger partial charge in [0, 0.05) is 13.1 Å². The van der Waals surface area contributed by atoms with Gasteiger partial charge in [0.25, 0.3) is 0 Å². The van der Waals surface area contributed by atoms with Crippen LogP contribution in [0.15, 0.2) is 54.6 Å². The summed E-state index contributed by atoms with van der Waals surface area (Å²) in [6.07, 6.45) is 0.485. The van der Waals surface area contributed by atoms with Crippen LogP contribution in [0, 0.1) is 11.3 Å². The zero-order chi connectivity index (χ0) is 14.2. The molecule has 2 aromatic carbocycles. The van der Waals surface area contributed by atoms with Crippen LogP contribution >= 0.6 is 0 Å². The molecule has 0 heterocycles. The molecule has 0 aliphatic carbocycles. The number of rotatable bonds is 6. The molecule has 0 spiro atoms. The molecule has 2 nitrogen and oxygen atoms in total. The Balaban J connectivity index is 2.03. The Hall–Kier alpha value is -2.11. The number of benzene rings is 2. The molecule has 0 amide bonds. The highest BCUT2D eigenvalue weighted by atomic mass is 15.1. The third-order valence-corrected chi connectivity index (χ3v) is 3.38. The summed E-state index contributed by atoms with van der Waals surface area (Å²) < 4.78 is 0. The molecule has 20 heavy (non-hydrogen) atoms. The van der Waals surface area contributed by atoms with E-state index >= 15 is 0 Å². The average Bonchev–Trinajstić information content (AvgIpc) is 2.48. The van der Waals surface area contributed by atoms with Crippen molar-refractivity contribution in [3.63, 3.8) is 0 Å². The molecule has 0 aromatic heterocycles. The summed E-state index contributed by atoms with van der Waals surface area (Å²) in [6, 6.07) is 21.1. The van der Waals surface area contributed by atoms with E-state index in [1.807, 2.05) is 18.2 Å². The minimum absolute atomic E-state index is 0.485. The first-order valence-corrected chi connectivity index (χ1v) is 7.03. The van der Waals surface area contributed by atoms with E-state index in [-0.39, 0.29) is 0 Å². The van der Waals surface area contributed by atoms with Gasteiger partial charge in [0.15, 0.2) is 0 Å². The largest absolute Gasteiger partial charge is 0.295 e. The van der Waals surface area contributed by atoms with E-state index < -0.39 is 0 Å². The van der Waals surface area contributed by atoms with Gasteiger partial charge in [0.1, 0.15) is 0 Å². The zero-order valence-corrected chi connectivity index (χ0v) is 11.9. The van der Waals surface area contributed by atoms with Crippen molar-refractivity contribution in [2.24, 2.45) is 0 Å². The van der Waals surface area contributed by atoms with Crippen LogP contribution in [-0.2, 0) is 19.5 Å². The molecule has 0 aliphatic heterocycles. The molecule has 0 aliphatic rings. The van der Waals surface area contributed by atoms with Gasteiger partial charge >= 0.3 is 0 Å². The third-order valence-electron chi connectivity index (χ3n) is 3.38. The van der Waals surface area contributed by atoms with Gasteiger partial charge in [-0.25, -0.2) is 0 Å². The number of nitriles is 1. The van der Waals surface area contributed by atoms with Gasteiger partial charge in [-0.05, 0) is 23.2 Å². The predicted octanol–water partition coefficient (Wildman–Crippen LogP) is 3.77. The number of hydrogen-bond donors (Lipinski definition) is 0. The molecule has 0 saturated heterocycles. The first kappa shape index (κ1) is 14.3. The lowest BCUT2D eigenvalue weighted by atomic mass is 10.1. The average molecular weight is 264 g/mol. The normalized spacial score (nSPS) is 10.4. The van der Waals surface area contributed by atoms with Crippen molar-refractivity contribution < 1.29 is 0 Å². The highest BCUT2D eigenvalue weighted by Gasteiger charge is 2.05. The van der Waals surface area contributed by atoms with E-state index in [9.17, 15) is 0 Å². The molecule has 0 N–H and O–H groups in total. The summed E-state index contributed by atoms with van der Waals surface area (Å²) >= 11 is 0. The van der Waals surface area contributed by atoms with Crippen LogP contribution < -0.4 is 0 Å². The Kier molecular flexibility index (Phi) is 5.34. The molecular weight excluding hydrogens is 244 g/mol. The lowest BCUT2D eigenvalue weighted by molar-refractivity contribution is 0.271. The second-order valence-electron chi connectivity index (χ2n) is 4.94. The van der Waals surface area contributed by atoms with E-state index in [1.165, 1.54) is 11.1 Å². The summed E-state index contributed by atoms with van der Waals surface area (Å²) in [4.78, 5) is 2.40. The quantitative estimate of drug-likeness (QED) is 0.794. The number of hydrogen-bond acceptors (Lipinski definition) is 2. The van der Waals surface area contributed by atoms with Gasteiger partial charge in [-0.2, -0.15) is 5.26 Å². The summed E-state index contributed by atoms with van der Waals surface area (Å²) in [7, 11) is 0. The Morgan fingerprint density at radius 1 is 0.900 bits per heavy atom. The fourth-order valence-corrected chi connectivity index (χ4v) is 2.31. The molecule has 0 saturated carbocycles. The molecule has 0 atom stereocenters. The molecular formula is C18H20N2. The van der Waals surface area contributed by atoms with E-state index in [0.717, 1.165) is 25.2 Å². The van der Waals surface area contributed by atoms with E-state index in [2.05, 4.69) is 54.3 Å². The monoisotopic (exact) mass is 264 g/mol. The van der Waals surface area contributed by atoms with E-state index in [0.29, 0.717) is 6.42 Å². The van der Waals surface area contributed by atoms with Crippen molar-refractivity contribution in [2.75, 3.05) is 6.54 Å². The Morgan fingerprint density at radius 3 is 2.25 bits per heavy atom. The zero-order valence-electron chi connectivity index (χ0n) is 11.9. The Bertz CT molecular complexity index is 569. The second kappa shape index (κ2) is 7.47. The Morgan fingerprint density at radius 2 is 1.55 bits per heavy atom. The third kappa shape index (κ3) is 4.22. The summed E-state index contributed by atoms with van der Waals surface area (Å²) in [6.45, 7) is 5.07. The fraction of sp³-hybridized carbons (Fsp3) is 0.278. The van der Waals surface area contributed by atoms with Crippen molar-refractivity contribution in [1.82, 2.24) is 4.90 Å². The minimum Gasteiger partial charge on any atom is -0.295 e. The van der Waals surface area contributed by atoms with Gasteiger partial charge < -0.3 is 0 Å². The van der Waals surface area contributed by atoms with Gasteiger partial charge in [-0.3, -0.25) is 4.90 Å². The van der Waals surface area contributed by atoms with Gasteiger partial charge in [-0.1, -0.05) is 61.5 Å². The van der Waals surface area contributed by atoms with Crippen molar-refractivity contribution >= 4 is 0 Å². The summed E-state index contributed by atoms with van der Waals surface area (Å²) in [5, 5.41) is 8.77. The SMILES string of the molecule is CCN(Cc1ccccc1)Cc1cccc(CC#N)c1. The number of nitrogens with zero attached hydrogens (tertiary/aromatic N) is 2. The molecule has 0 bridgehead atoms. The Labute approximate surface area is 121 Å². The maximum Gasteiger partial charge on any atom is 0.0669 e. The molecule has 2 rings (SSSR count). The second-order valence-corrected chi connectivity index (χ2v) is 4.94. The molecule has 0 radical (unpaired) electrons. The van der Waals surface area contributed by atoms with Crippen molar-refractivity contribution in [3.05, 3.63) is 71.3 Å². The van der Waals surface area contributed by atoms with E-state index in [1.54, 1.807) is 0 Å². The highest BCUT2D eigenvalue weighted by Crippen LogP contribution is 2.12. The van der Waals surface area contributed by atoms with Gasteiger partial charge in [0.2, 0.25) is 0 Å². The van der Waals surface area contributed by atoms with Crippen molar-refractivity contribution in [1.29, 1.82) is 5.26 Å². The predicted molar refractivity (Wildman–Crippen MR) is 82.0 cm³/mol. The smallest absolute Gasteiger partial charge is 0.0669 e. The molecule has 0 unspecified atom stereocenters. The highest BCUT2D eigenvalue weighted by molar-refractivity contribution is 5.25. The minimum atomic E-state index is 0.485. The first-order chi connectivity index (χ1) is 9.81. The molecule has 0 fully saturated rings.